The van der Waals surface area contributed by atoms with Gasteiger partial charge in [-0.05, 0) is 23.3 Å². The lowest BCUT2D eigenvalue weighted by atomic mass is 10.1. The van der Waals surface area contributed by atoms with Crippen LogP contribution in [0.1, 0.15) is 11.1 Å². The number of benzene rings is 2. The van der Waals surface area contributed by atoms with Gasteiger partial charge < -0.3 is 0 Å². The van der Waals surface area contributed by atoms with E-state index in [2.05, 4.69) is 78.5 Å². The van der Waals surface area contributed by atoms with Crippen LogP contribution in [-0.4, -0.2) is 15.0 Å². The molecule has 1 aromatic heterocycles. The Labute approximate surface area is 140 Å². The summed E-state index contributed by atoms with van der Waals surface area (Å²) in [7, 11) is 0. The Morgan fingerprint density at radius 3 is 1.95 bits per heavy atom. The molecule has 5 heteroatoms. The van der Waals surface area contributed by atoms with Crippen LogP contribution in [-0.2, 0) is 10.7 Å². The van der Waals surface area contributed by atoms with E-state index in [0.717, 1.165) is 27.6 Å². The summed E-state index contributed by atoms with van der Waals surface area (Å²) < 4.78 is 0. The van der Waals surface area contributed by atoms with E-state index in [4.69, 9.17) is 0 Å². The third-order valence-electron chi connectivity index (χ3n) is 3.22. The van der Waals surface area contributed by atoms with Crippen molar-refractivity contribution in [3.8, 4) is 16.9 Å². The molecule has 106 valence electrons. The highest BCUT2D eigenvalue weighted by Gasteiger charge is 2.05. The van der Waals surface area contributed by atoms with Crippen LogP contribution in [0, 0.1) is 0 Å². The maximum Gasteiger partial charge on any atom is 0.113 e. The van der Waals surface area contributed by atoms with Crippen LogP contribution in [0.4, 0.5) is 0 Å². The summed E-state index contributed by atoms with van der Waals surface area (Å²) >= 11 is 6.89. The van der Waals surface area contributed by atoms with Gasteiger partial charge >= 0.3 is 0 Å². The Morgan fingerprint density at radius 1 is 0.810 bits per heavy atom. The van der Waals surface area contributed by atoms with Crippen molar-refractivity contribution in [2.75, 3.05) is 0 Å². The molecule has 0 saturated carbocycles. The fourth-order valence-electron chi connectivity index (χ4n) is 2.00. The Morgan fingerprint density at radius 2 is 1.38 bits per heavy atom. The van der Waals surface area contributed by atoms with Crippen molar-refractivity contribution < 1.29 is 0 Å². The topological polar surface area (TPSA) is 30.7 Å². The molecule has 0 aliphatic carbocycles. The summed E-state index contributed by atoms with van der Waals surface area (Å²) in [5, 5.41) is 10.6. The largest absolute Gasteiger partial charge is 0.156 e. The zero-order chi connectivity index (χ0) is 14.7. The molecule has 2 aromatic carbocycles. The average Bonchev–Trinajstić information content (AvgIpc) is 3.05. The van der Waals surface area contributed by atoms with E-state index in [-0.39, 0.29) is 0 Å². The summed E-state index contributed by atoms with van der Waals surface area (Å²) in [5.74, 6) is 0. The van der Waals surface area contributed by atoms with Gasteiger partial charge in [0.05, 0.1) is 11.9 Å². The van der Waals surface area contributed by atoms with Crippen molar-refractivity contribution >= 4 is 31.9 Å². The minimum Gasteiger partial charge on any atom is -0.156 e. The first-order valence-electron chi connectivity index (χ1n) is 6.53. The third-order valence-corrected chi connectivity index (χ3v) is 4.51. The fourth-order valence-corrected chi connectivity index (χ4v) is 2.75. The van der Waals surface area contributed by atoms with E-state index >= 15 is 0 Å². The molecular formula is C16H13Br2N3. The minimum atomic E-state index is 0.852. The van der Waals surface area contributed by atoms with Crippen LogP contribution >= 0.6 is 31.9 Å². The standard InChI is InChI=1S/C16H13Br2N3/c17-9-12-1-5-14(6-2-12)16-11-19-21(20-16)15-7-3-13(10-18)4-8-15/h1-8,11H,9-10H2. The Hall–Kier alpha value is -1.46. The maximum absolute atomic E-state index is 4.54. The van der Waals surface area contributed by atoms with E-state index < -0.39 is 0 Å². The number of alkyl halides is 2. The van der Waals surface area contributed by atoms with Gasteiger partial charge in [0.15, 0.2) is 0 Å². The van der Waals surface area contributed by atoms with Crippen molar-refractivity contribution in [1.82, 2.24) is 15.0 Å². The first-order valence-corrected chi connectivity index (χ1v) is 8.77. The van der Waals surface area contributed by atoms with Gasteiger partial charge in [0.1, 0.15) is 5.69 Å². The molecule has 0 radical (unpaired) electrons. The maximum atomic E-state index is 4.54. The van der Waals surface area contributed by atoms with Gasteiger partial charge in [0, 0.05) is 16.2 Å². The highest BCUT2D eigenvalue weighted by atomic mass is 79.9. The van der Waals surface area contributed by atoms with E-state index in [0.29, 0.717) is 0 Å². The van der Waals surface area contributed by atoms with E-state index in [9.17, 15) is 0 Å². The number of rotatable bonds is 4. The molecule has 0 saturated heterocycles. The molecule has 0 N–H and O–H groups in total. The average molecular weight is 407 g/mol. The lowest BCUT2D eigenvalue weighted by Gasteiger charge is -2.01. The van der Waals surface area contributed by atoms with Crippen molar-refractivity contribution in [2.24, 2.45) is 0 Å². The monoisotopic (exact) mass is 405 g/mol. The number of hydrogen-bond donors (Lipinski definition) is 0. The lowest BCUT2D eigenvalue weighted by Crippen LogP contribution is -1.98. The molecule has 0 aliphatic rings. The van der Waals surface area contributed by atoms with Crippen molar-refractivity contribution in [3.05, 3.63) is 65.9 Å². The van der Waals surface area contributed by atoms with Crippen LogP contribution in [0.3, 0.4) is 0 Å². The highest BCUT2D eigenvalue weighted by molar-refractivity contribution is 9.08. The number of aromatic nitrogens is 3. The van der Waals surface area contributed by atoms with Crippen LogP contribution in [0.15, 0.2) is 54.7 Å². The molecule has 3 aromatic rings. The molecular weight excluding hydrogens is 394 g/mol. The number of nitrogens with zero attached hydrogens (tertiary/aromatic N) is 3. The van der Waals surface area contributed by atoms with Gasteiger partial charge in [-0.25, -0.2) is 0 Å². The lowest BCUT2D eigenvalue weighted by molar-refractivity contribution is 0.753. The predicted octanol–water partition coefficient (Wildman–Crippen LogP) is 4.72. The van der Waals surface area contributed by atoms with Gasteiger partial charge in [0.25, 0.3) is 0 Å². The van der Waals surface area contributed by atoms with Crippen molar-refractivity contribution in [1.29, 1.82) is 0 Å². The summed E-state index contributed by atoms with van der Waals surface area (Å²) in [6, 6.07) is 16.5. The molecule has 0 aliphatic heterocycles. The van der Waals surface area contributed by atoms with Crippen LogP contribution in [0.25, 0.3) is 16.9 Å². The van der Waals surface area contributed by atoms with Crippen molar-refractivity contribution in [2.45, 2.75) is 10.7 Å². The smallest absolute Gasteiger partial charge is 0.113 e. The van der Waals surface area contributed by atoms with E-state index in [1.165, 1.54) is 11.1 Å². The van der Waals surface area contributed by atoms with Gasteiger partial charge in [-0.3, -0.25) is 0 Å². The molecule has 3 rings (SSSR count). The first-order chi connectivity index (χ1) is 10.3. The predicted molar refractivity (Wildman–Crippen MR) is 92.1 cm³/mol. The number of hydrogen-bond acceptors (Lipinski definition) is 2. The Kier molecular flexibility index (Phi) is 4.51. The van der Waals surface area contributed by atoms with Gasteiger partial charge in [-0.1, -0.05) is 68.3 Å². The van der Waals surface area contributed by atoms with Crippen LogP contribution < -0.4 is 0 Å². The molecule has 21 heavy (non-hydrogen) atoms. The van der Waals surface area contributed by atoms with Crippen molar-refractivity contribution in [3.63, 3.8) is 0 Å². The van der Waals surface area contributed by atoms with Crippen LogP contribution in [0.2, 0.25) is 0 Å². The summed E-state index contributed by atoms with van der Waals surface area (Å²) in [5.41, 5.74) is 5.39. The molecule has 0 amide bonds. The SMILES string of the molecule is BrCc1ccc(-c2cnn(-c3ccc(CBr)cc3)n2)cc1. The molecule has 0 atom stereocenters. The summed E-state index contributed by atoms with van der Waals surface area (Å²) in [6.45, 7) is 0. The fraction of sp³-hybridized carbons (Fsp3) is 0.125. The summed E-state index contributed by atoms with van der Waals surface area (Å²) in [6.07, 6.45) is 1.79. The van der Waals surface area contributed by atoms with Gasteiger partial charge in [0.2, 0.25) is 0 Å². The normalized spacial score (nSPS) is 10.8. The Bertz CT molecular complexity index is 656. The zero-order valence-electron chi connectivity index (χ0n) is 11.2. The molecule has 0 fully saturated rings. The molecule has 1 heterocycles. The molecule has 0 spiro atoms. The van der Waals surface area contributed by atoms with Gasteiger partial charge in [-0.15, -0.1) is 5.10 Å². The summed E-state index contributed by atoms with van der Waals surface area (Å²) in [4.78, 5) is 1.66. The second kappa shape index (κ2) is 6.54. The van der Waals surface area contributed by atoms with E-state index in [1.54, 1.807) is 11.0 Å². The second-order valence-electron chi connectivity index (χ2n) is 4.65. The Balaban J connectivity index is 1.87. The minimum absolute atomic E-state index is 0.852. The molecule has 0 unspecified atom stereocenters. The van der Waals surface area contributed by atoms with Crippen LogP contribution in [0.5, 0.6) is 0 Å². The van der Waals surface area contributed by atoms with Gasteiger partial charge in [-0.2, -0.15) is 9.90 Å². The second-order valence-corrected chi connectivity index (χ2v) is 5.77. The third kappa shape index (κ3) is 3.24. The van der Waals surface area contributed by atoms with E-state index in [1.807, 2.05) is 12.1 Å². The first kappa shape index (κ1) is 14.5. The number of halogens is 2. The molecule has 3 nitrogen and oxygen atoms in total. The highest BCUT2D eigenvalue weighted by Crippen LogP contribution is 2.19. The quantitative estimate of drug-likeness (QED) is 0.586. The zero-order valence-corrected chi connectivity index (χ0v) is 14.4. The molecule has 0 bridgehead atoms.